The Balaban J connectivity index is 1.73. The molecule has 0 radical (unpaired) electrons. The maximum atomic E-state index is 12.0. The monoisotopic (exact) mass is 356 g/mol. The normalized spacial score (nSPS) is 10.4. The summed E-state index contributed by atoms with van der Waals surface area (Å²) in [4.78, 5) is 16.2. The summed E-state index contributed by atoms with van der Waals surface area (Å²) in [7, 11) is 3.08. The van der Waals surface area contributed by atoms with Gasteiger partial charge in [0.25, 0.3) is 5.89 Å². The quantitative estimate of drug-likeness (QED) is 0.672. The van der Waals surface area contributed by atoms with E-state index in [1.165, 1.54) is 19.2 Å². The van der Waals surface area contributed by atoms with Crippen LogP contribution in [0.5, 0.6) is 17.2 Å². The Labute approximate surface area is 148 Å². The molecule has 8 heteroatoms. The van der Waals surface area contributed by atoms with Crippen LogP contribution in [0, 0.1) is 0 Å². The van der Waals surface area contributed by atoms with Gasteiger partial charge in [-0.1, -0.05) is 17.3 Å². The van der Waals surface area contributed by atoms with Gasteiger partial charge >= 0.3 is 5.97 Å². The number of aromatic hydroxyl groups is 1. The Morgan fingerprint density at radius 3 is 2.69 bits per heavy atom. The molecule has 0 saturated carbocycles. The molecule has 0 aliphatic carbocycles. The van der Waals surface area contributed by atoms with Gasteiger partial charge in [-0.3, -0.25) is 0 Å². The minimum Gasteiger partial charge on any atom is -0.507 e. The Morgan fingerprint density at radius 2 is 1.96 bits per heavy atom. The van der Waals surface area contributed by atoms with E-state index in [2.05, 4.69) is 10.1 Å². The van der Waals surface area contributed by atoms with Crippen molar-refractivity contribution in [3.05, 3.63) is 53.9 Å². The maximum absolute atomic E-state index is 12.0. The van der Waals surface area contributed by atoms with Crippen LogP contribution in [0.4, 0.5) is 0 Å². The Hall–Kier alpha value is -3.55. The van der Waals surface area contributed by atoms with Crippen molar-refractivity contribution < 1.29 is 28.6 Å². The van der Waals surface area contributed by atoms with E-state index in [0.717, 1.165) is 0 Å². The van der Waals surface area contributed by atoms with E-state index in [4.69, 9.17) is 18.7 Å². The largest absolute Gasteiger partial charge is 0.507 e. The highest BCUT2D eigenvalue weighted by Crippen LogP contribution is 2.31. The highest BCUT2D eigenvalue weighted by molar-refractivity contribution is 5.92. The molecule has 0 unspecified atom stereocenters. The maximum Gasteiger partial charge on any atom is 0.342 e. The zero-order chi connectivity index (χ0) is 18.5. The number of rotatable bonds is 6. The number of esters is 1. The van der Waals surface area contributed by atoms with Gasteiger partial charge in [0.05, 0.1) is 19.8 Å². The molecule has 0 saturated heterocycles. The molecule has 2 aromatic carbocycles. The van der Waals surface area contributed by atoms with Crippen LogP contribution in [-0.4, -0.2) is 35.4 Å². The van der Waals surface area contributed by atoms with Crippen molar-refractivity contribution in [2.75, 3.05) is 14.2 Å². The van der Waals surface area contributed by atoms with Crippen LogP contribution in [-0.2, 0) is 11.3 Å². The fourth-order valence-electron chi connectivity index (χ4n) is 2.26. The lowest BCUT2D eigenvalue weighted by molar-refractivity contribution is 0.0426. The molecule has 0 bridgehead atoms. The van der Waals surface area contributed by atoms with Gasteiger partial charge in [0.15, 0.2) is 6.61 Å². The van der Waals surface area contributed by atoms with Gasteiger partial charge < -0.3 is 23.8 Å². The van der Waals surface area contributed by atoms with Crippen LogP contribution in [0.25, 0.3) is 11.4 Å². The Bertz CT molecular complexity index is 922. The second kappa shape index (κ2) is 7.56. The molecule has 0 amide bonds. The number of hydrogen-bond donors (Lipinski definition) is 1. The number of hydrogen-bond acceptors (Lipinski definition) is 8. The van der Waals surface area contributed by atoms with Crippen LogP contribution in [0.2, 0.25) is 0 Å². The van der Waals surface area contributed by atoms with Gasteiger partial charge in [0, 0.05) is 6.07 Å². The predicted octanol–water partition coefficient (Wildman–Crippen LogP) is 2.82. The molecule has 0 fully saturated rings. The van der Waals surface area contributed by atoms with E-state index >= 15 is 0 Å². The van der Waals surface area contributed by atoms with Crippen molar-refractivity contribution in [2.45, 2.75) is 6.61 Å². The summed E-state index contributed by atoms with van der Waals surface area (Å²) in [6.07, 6.45) is 0. The van der Waals surface area contributed by atoms with Crippen LogP contribution in [0.1, 0.15) is 16.2 Å². The molecule has 134 valence electrons. The molecule has 3 rings (SSSR count). The summed E-state index contributed by atoms with van der Waals surface area (Å²) >= 11 is 0. The second-order valence-electron chi connectivity index (χ2n) is 5.17. The standard InChI is InChI=1S/C18H16N2O6/c1-23-11-7-8-13(15(9-11)24-2)17-19-16(26-20-17)10-25-18(22)12-5-3-4-6-14(12)21/h3-9,21H,10H2,1-2H3. The van der Waals surface area contributed by atoms with Gasteiger partial charge in [-0.25, -0.2) is 4.79 Å². The minimum absolute atomic E-state index is 0.0593. The number of phenolic OH excluding ortho intramolecular Hbond substituents is 1. The third-order valence-corrected chi connectivity index (χ3v) is 3.57. The third-order valence-electron chi connectivity index (χ3n) is 3.57. The molecule has 1 N–H and O–H groups in total. The number of ether oxygens (including phenoxy) is 3. The lowest BCUT2D eigenvalue weighted by Crippen LogP contribution is -2.05. The van der Waals surface area contributed by atoms with Crippen LogP contribution in [0.3, 0.4) is 0 Å². The SMILES string of the molecule is COc1ccc(-c2noc(COC(=O)c3ccccc3O)n2)c(OC)c1. The fourth-order valence-corrected chi connectivity index (χ4v) is 2.26. The number of carbonyl (C=O) groups is 1. The van der Waals surface area contributed by atoms with E-state index in [0.29, 0.717) is 17.1 Å². The lowest BCUT2D eigenvalue weighted by Gasteiger charge is -2.07. The summed E-state index contributed by atoms with van der Waals surface area (Å²) < 4.78 is 20.6. The highest BCUT2D eigenvalue weighted by atomic mass is 16.6. The van der Waals surface area contributed by atoms with Crippen molar-refractivity contribution in [3.63, 3.8) is 0 Å². The van der Waals surface area contributed by atoms with Crippen LogP contribution >= 0.6 is 0 Å². The number of methoxy groups -OCH3 is 2. The summed E-state index contributed by atoms with van der Waals surface area (Å²) in [6.45, 7) is -0.224. The summed E-state index contributed by atoms with van der Waals surface area (Å²) in [5, 5.41) is 13.5. The average molecular weight is 356 g/mol. The number of nitrogens with zero attached hydrogens (tertiary/aromatic N) is 2. The van der Waals surface area contributed by atoms with Crippen LogP contribution in [0.15, 0.2) is 47.0 Å². The van der Waals surface area contributed by atoms with Gasteiger partial charge in [0.2, 0.25) is 5.82 Å². The van der Waals surface area contributed by atoms with E-state index in [-0.39, 0.29) is 29.6 Å². The zero-order valence-corrected chi connectivity index (χ0v) is 14.1. The predicted molar refractivity (Wildman–Crippen MR) is 90.1 cm³/mol. The first-order valence-corrected chi connectivity index (χ1v) is 7.62. The van der Waals surface area contributed by atoms with Gasteiger partial charge in [-0.05, 0) is 24.3 Å². The summed E-state index contributed by atoms with van der Waals surface area (Å²) in [5.41, 5.74) is 0.666. The minimum atomic E-state index is -0.690. The second-order valence-corrected chi connectivity index (χ2v) is 5.17. The van der Waals surface area contributed by atoms with Gasteiger partial charge in [-0.2, -0.15) is 4.98 Å². The topological polar surface area (TPSA) is 104 Å². The van der Waals surface area contributed by atoms with Gasteiger partial charge in [0.1, 0.15) is 22.8 Å². The van der Waals surface area contributed by atoms with E-state index in [1.54, 1.807) is 37.4 Å². The molecule has 1 aromatic heterocycles. The molecule has 0 spiro atoms. The molecular formula is C18H16N2O6. The molecule has 0 aliphatic rings. The fraction of sp³-hybridized carbons (Fsp3) is 0.167. The Kier molecular flexibility index (Phi) is 5.02. The smallest absolute Gasteiger partial charge is 0.342 e. The van der Waals surface area contributed by atoms with Gasteiger partial charge in [-0.15, -0.1) is 0 Å². The number of benzene rings is 2. The van der Waals surface area contributed by atoms with E-state index < -0.39 is 5.97 Å². The summed E-state index contributed by atoms with van der Waals surface area (Å²) in [6, 6.07) is 11.3. The molecule has 26 heavy (non-hydrogen) atoms. The molecule has 3 aromatic rings. The van der Waals surface area contributed by atoms with E-state index in [1.807, 2.05) is 0 Å². The van der Waals surface area contributed by atoms with Crippen molar-refractivity contribution in [1.82, 2.24) is 10.1 Å². The first-order valence-electron chi connectivity index (χ1n) is 7.62. The first kappa shape index (κ1) is 17.3. The summed E-state index contributed by atoms with van der Waals surface area (Å²) in [5.74, 6) is 0.699. The zero-order valence-electron chi connectivity index (χ0n) is 14.1. The van der Waals surface area contributed by atoms with Crippen LogP contribution < -0.4 is 9.47 Å². The van der Waals surface area contributed by atoms with E-state index in [9.17, 15) is 9.90 Å². The molecular weight excluding hydrogens is 340 g/mol. The Morgan fingerprint density at radius 1 is 1.15 bits per heavy atom. The number of aromatic nitrogens is 2. The molecule has 0 atom stereocenters. The third kappa shape index (κ3) is 3.59. The van der Waals surface area contributed by atoms with Crippen molar-refractivity contribution in [1.29, 1.82) is 0 Å². The molecule has 1 heterocycles. The first-order chi connectivity index (χ1) is 12.6. The van der Waals surface area contributed by atoms with Crippen molar-refractivity contribution in [2.24, 2.45) is 0 Å². The van der Waals surface area contributed by atoms with Crippen molar-refractivity contribution in [3.8, 4) is 28.6 Å². The highest BCUT2D eigenvalue weighted by Gasteiger charge is 2.17. The number of para-hydroxylation sites is 1. The molecule has 0 aliphatic heterocycles. The molecule has 8 nitrogen and oxygen atoms in total. The van der Waals surface area contributed by atoms with Crippen molar-refractivity contribution >= 4 is 5.97 Å². The number of phenols is 1. The number of carbonyl (C=O) groups excluding carboxylic acids is 1. The average Bonchev–Trinajstić information content (AvgIpc) is 3.14. The lowest BCUT2D eigenvalue weighted by atomic mass is 10.2.